The molecule has 1 aromatic heterocycles. The lowest BCUT2D eigenvalue weighted by Crippen LogP contribution is -2.14. The molecule has 0 fully saturated rings. The second-order valence-electron chi connectivity index (χ2n) is 3.65. The summed E-state index contributed by atoms with van der Waals surface area (Å²) >= 11 is 0. The van der Waals surface area contributed by atoms with E-state index in [0.29, 0.717) is 0 Å². The lowest BCUT2D eigenvalue weighted by molar-refractivity contribution is 0.437. The Balaban J connectivity index is 2.20. The van der Waals surface area contributed by atoms with Crippen molar-refractivity contribution in [2.24, 2.45) is 0 Å². The summed E-state index contributed by atoms with van der Waals surface area (Å²) in [5.41, 5.74) is 0. The lowest BCUT2D eigenvalue weighted by atomic mass is 10.2. The quantitative estimate of drug-likeness (QED) is 0.668. The van der Waals surface area contributed by atoms with Crippen LogP contribution in [0.15, 0.2) is 4.42 Å². The van der Waals surface area contributed by atoms with Gasteiger partial charge in [-0.25, -0.2) is 0 Å². The minimum atomic E-state index is 0.777. The Morgan fingerprint density at radius 3 is 2.33 bits per heavy atom. The summed E-state index contributed by atoms with van der Waals surface area (Å²) in [5.74, 6) is 1.56. The van der Waals surface area contributed by atoms with Crippen LogP contribution >= 0.6 is 0 Å². The van der Waals surface area contributed by atoms with Gasteiger partial charge in [0.15, 0.2) is 0 Å². The summed E-state index contributed by atoms with van der Waals surface area (Å²) in [6.07, 6.45) is 5.14. The first kappa shape index (κ1) is 12.2. The fourth-order valence-corrected chi connectivity index (χ4v) is 1.36. The van der Waals surface area contributed by atoms with Crippen molar-refractivity contribution in [3.05, 3.63) is 11.8 Å². The van der Waals surface area contributed by atoms with Gasteiger partial charge in [-0.15, -0.1) is 10.2 Å². The third kappa shape index (κ3) is 4.93. The van der Waals surface area contributed by atoms with E-state index in [1.165, 1.54) is 0 Å². The Kier molecular flexibility index (Phi) is 6.00. The molecular formula is C11H21N3O. The van der Waals surface area contributed by atoms with Crippen LogP contribution < -0.4 is 5.32 Å². The van der Waals surface area contributed by atoms with Crippen molar-refractivity contribution >= 4 is 0 Å². The smallest absolute Gasteiger partial charge is 0.216 e. The van der Waals surface area contributed by atoms with E-state index < -0.39 is 0 Å². The van der Waals surface area contributed by atoms with Gasteiger partial charge in [0, 0.05) is 12.8 Å². The Morgan fingerprint density at radius 1 is 1.07 bits per heavy atom. The van der Waals surface area contributed by atoms with Gasteiger partial charge in [-0.2, -0.15) is 0 Å². The van der Waals surface area contributed by atoms with Crippen molar-refractivity contribution in [1.29, 1.82) is 0 Å². The topological polar surface area (TPSA) is 51.0 Å². The van der Waals surface area contributed by atoms with Crippen LogP contribution in [-0.4, -0.2) is 23.3 Å². The Morgan fingerprint density at radius 2 is 1.73 bits per heavy atom. The molecule has 0 atom stereocenters. The number of aryl methyl sites for hydroxylation is 2. The van der Waals surface area contributed by atoms with Crippen molar-refractivity contribution in [3.8, 4) is 0 Å². The molecule has 0 saturated carbocycles. The molecule has 0 saturated heterocycles. The van der Waals surface area contributed by atoms with Gasteiger partial charge in [-0.05, 0) is 25.9 Å². The van der Waals surface area contributed by atoms with E-state index in [1.807, 2.05) is 0 Å². The number of nitrogens with zero attached hydrogens (tertiary/aromatic N) is 2. The maximum absolute atomic E-state index is 5.52. The molecule has 0 aliphatic rings. The van der Waals surface area contributed by atoms with E-state index in [2.05, 4.69) is 29.4 Å². The average Bonchev–Trinajstić information content (AvgIpc) is 2.69. The van der Waals surface area contributed by atoms with Gasteiger partial charge in [-0.3, -0.25) is 0 Å². The fraction of sp³-hybridized carbons (Fsp3) is 0.818. The van der Waals surface area contributed by atoms with Crippen molar-refractivity contribution in [2.45, 2.75) is 46.0 Å². The maximum atomic E-state index is 5.52. The molecule has 0 aromatic carbocycles. The zero-order chi connectivity index (χ0) is 10.9. The largest absolute Gasteiger partial charge is 0.425 e. The number of unbranched alkanes of at least 4 members (excludes halogenated alkanes) is 1. The van der Waals surface area contributed by atoms with Crippen LogP contribution in [0.25, 0.3) is 0 Å². The first-order valence-corrected chi connectivity index (χ1v) is 5.88. The second-order valence-corrected chi connectivity index (χ2v) is 3.65. The SMILES string of the molecule is CCCCc1nnc(CCCNCC)o1. The summed E-state index contributed by atoms with van der Waals surface area (Å²) in [6, 6.07) is 0. The summed E-state index contributed by atoms with van der Waals surface area (Å²) < 4.78 is 5.52. The van der Waals surface area contributed by atoms with Gasteiger partial charge in [0.25, 0.3) is 0 Å². The molecule has 0 radical (unpaired) electrons. The lowest BCUT2D eigenvalue weighted by Gasteiger charge is -1.97. The highest BCUT2D eigenvalue weighted by molar-refractivity contribution is 4.82. The highest BCUT2D eigenvalue weighted by Gasteiger charge is 2.04. The van der Waals surface area contributed by atoms with Gasteiger partial charge in [0.2, 0.25) is 11.8 Å². The summed E-state index contributed by atoms with van der Waals surface area (Å²) in [4.78, 5) is 0. The standard InChI is InChI=1S/C11H21N3O/c1-3-5-7-10-13-14-11(15-10)8-6-9-12-4-2/h12H,3-9H2,1-2H3. The molecule has 15 heavy (non-hydrogen) atoms. The van der Waals surface area contributed by atoms with E-state index in [9.17, 15) is 0 Å². The van der Waals surface area contributed by atoms with Crippen molar-refractivity contribution in [1.82, 2.24) is 15.5 Å². The normalized spacial score (nSPS) is 10.8. The molecule has 0 amide bonds. The van der Waals surface area contributed by atoms with Crippen LogP contribution in [0.5, 0.6) is 0 Å². The number of aromatic nitrogens is 2. The molecule has 1 aromatic rings. The second kappa shape index (κ2) is 7.40. The van der Waals surface area contributed by atoms with E-state index in [0.717, 1.165) is 57.0 Å². The van der Waals surface area contributed by atoms with Gasteiger partial charge < -0.3 is 9.73 Å². The minimum Gasteiger partial charge on any atom is -0.425 e. The van der Waals surface area contributed by atoms with Gasteiger partial charge >= 0.3 is 0 Å². The molecule has 86 valence electrons. The molecule has 0 unspecified atom stereocenters. The number of rotatable bonds is 8. The molecule has 4 heteroatoms. The molecule has 0 aliphatic carbocycles. The molecule has 1 N–H and O–H groups in total. The Hall–Kier alpha value is -0.900. The summed E-state index contributed by atoms with van der Waals surface area (Å²) in [7, 11) is 0. The molecular weight excluding hydrogens is 190 g/mol. The summed E-state index contributed by atoms with van der Waals surface area (Å²) in [5, 5.41) is 11.3. The summed E-state index contributed by atoms with van der Waals surface area (Å²) in [6.45, 7) is 6.30. The zero-order valence-electron chi connectivity index (χ0n) is 9.75. The van der Waals surface area contributed by atoms with Crippen LogP contribution in [0.4, 0.5) is 0 Å². The van der Waals surface area contributed by atoms with Crippen LogP contribution in [0.2, 0.25) is 0 Å². The van der Waals surface area contributed by atoms with Crippen LogP contribution in [-0.2, 0) is 12.8 Å². The molecule has 1 rings (SSSR count). The van der Waals surface area contributed by atoms with Crippen LogP contribution in [0.1, 0.15) is 44.9 Å². The van der Waals surface area contributed by atoms with Crippen LogP contribution in [0, 0.1) is 0 Å². The molecule has 0 bridgehead atoms. The Labute approximate surface area is 91.5 Å². The Bertz CT molecular complexity index is 260. The molecule has 1 heterocycles. The first-order valence-electron chi connectivity index (χ1n) is 5.88. The van der Waals surface area contributed by atoms with Gasteiger partial charge in [-0.1, -0.05) is 20.3 Å². The molecule has 4 nitrogen and oxygen atoms in total. The predicted molar refractivity (Wildman–Crippen MR) is 59.8 cm³/mol. The van der Waals surface area contributed by atoms with Crippen molar-refractivity contribution < 1.29 is 4.42 Å². The van der Waals surface area contributed by atoms with Crippen molar-refractivity contribution in [2.75, 3.05) is 13.1 Å². The monoisotopic (exact) mass is 211 g/mol. The fourth-order valence-electron chi connectivity index (χ4n) is 1.36. The third-order valence-electron chi connectivity index (χ3n) is 2.25. The highest BCUT2D eigenvalue weighted by Crippen LogP contribution is 2.05. The van der Waals surface area contributed by atoms with Gasteiger partial charge in [0.1, 0.15) is 0 Å². The van der Waals surface area contributed by atoms with Crippen molar-refractivity contribution in [3.63, 3.8) is 0 Å². The highest BCUT2D eigenvalue weighted by atomic mass is 16.4. The van der Waals surface area contributed by atoms with Crippen LogP contribution in [0.3, 0.4) is 0 Å². The first-order chi connectivity index (χ1) is 7.36. The van der Waals surface area contributed by atoms with E-state index in [1.54, 1.807) is 0 Å². The average molecular weight is 211 g/mol. The van der Waals surface area contributed by atoms with E-state index >= 15 is 0 Å². The predicted octanol–water partition coefficient (Wildman–Crippen LogP) is 1.95. The number of nitrogens with one attached hydrogen (secondary N) is 1. The third-order valence-corrected chi connectivity index (χ3v) is 2.25. The number of hydrogen-bond donors (Lipinski definition) is 1. The minimum absolute atomic E-state index is 0.777. The van der Waals surface area contributed by atoms with Gasteiger partial charge in [0.05, 0.1) is 0 Å². The number of hydrogen-bond acceptors (Lipinski definition) is 4. The van der Waals surface area contributed by atoms with E-state index in [4.69, 9.17) is 4.42 Å². The molecule has 0 spiro atoms. The molecule has 0 aliphatic heterocycles. The van der Waals surface area contributed by atoms with E-state index in [-0.39, 0.29) is 0 Å². The zero-order valence-corrected chi connectivity index (χ0v) is 9.75. The maximum Gasteiger partial charge on any atom is 0.216 e.